The lowest BCUT2D eigenvalue weighted by atomic mass is 9.99. The molecule has 0 bridgehead atoms. The van der Waals surface area contributed by atoms with Gasteiger partial charge in [-0.1, -0.05) is 54.6 Å². The third-order valence-electron chi connectivity index (χ3n) is 4.98. The first-order chi connectivity index (χ1) is 12.3. The minimum Gasteiger partial charge on any atom is -0.360 e. The molecule has 4 rings (SSSR count). The molecule has 0 fully saturated rings. The molecule has 0 radical (unpaired) electrons. The van der Waals surface area contributed by atoms with Gasteiger partial charge in [0.15, 0.2) is 5.78 Å². The summed E-state index contributed by atoms with van der Waals surface area (Å²) in [6.45, 7) is 2.75. The first-order valence-corrected chi connectivity index (χ1v) is 8.87. The molecule has 1 aliphatic heterocycles. The zero-order valence-corrected chi connectivity index (χ0v) is 14.2. The van der Waals surface area contributed by atoms with Crippen LogP contribution in [-0.2, 0) is 0 Å². The van der Waals surface area contributed by atoms with Crippen LogP contribution in [0.3, 0.4) is 0 Å². The maximum Gasteiger partial charge on any atom is 0.166 e. The second-order valence-corrected chi connectivity index (χ2v) is 6.57. The van der Waals surface area contributed by atoms with E-state index in [4.69, 9.17) is 0 Å². The fraction of sp³-hybridized carbons (Fsp3) is 0.227. The Kier molecular flexibility index (Phi) is 4.49. The van der Waals surface area contributed by atoms with Crippen molar-refractivity contribution in [2.75, 3.05) is 19.6 Å². The Bertz CT molecular complexity index is 908. The average molecular weight is 330 g/mol. The molecule has 0 amide bonds. The van der Waals surface area contributed by atoms with Crippen molar-refractivity contribution in [3.8, 4) is 0 Å². The Balaban J connectivity index is 1.36. The predicted octanol–water partition coefficient (Wildman–Crippen LogP) is 4.53. The van der Waals surface area contributed by atoms with Crippen LogP contribution < -0.4 is 0 Å². The molecule has 1 aromatic heterocycles. The highest BCUT2D eigenvalue weighted by molar-refractivity contribution is 6.07. The minimum atomic E-state index is 0.218. The van der Waals surface area contributed by atoms with Gasteiger partial charge in [-0.3, -0.25) is 9.69 Å². The van der Waals surface area contributed by atoms with Gasteiger partial charge in [0.05, 0.1) is 0 Å². The summed E-state index contributed by atoms with van der Waals surface area (Å²) in [6.07, 6.45) is 5.76. The molecule has 1 N–H and O–H groups in total. The number of para-hydroxylation sites is 1. The Morgan fingerprint density at radius 1 is 1.04 bits per heavy atom. The van der Waals surface area contributed by atoms with Gasteiger partial charge in [0.1, 0.15) is 0 Å². The summed E-state index contributed by atoms with van der Waals surface area (Å²) in [7, 11) is 0. The number of carbonyl (C=O) groups excluding carboxylic acids is 1. The van der Waals surface area contributed by atoms with Gasteiger partial charge in [-0.2, -0.15) is 0 Å². The number of aromatic amines is 1. The van der Waals surface area contributed by atoms with Crippen molar-refractivity contribution in [3.63, 3.8) is 0 Å². The fourth-order valence-electron chi connectivity index (χ4n) is 3.53. The molecule has 2 aromatic carbocycles. The zero-order valence-electron chi connectivity index (χ0n) is 14.2. The molecular formula is C22H22N2O. The summed E-state index contributed by atoms with van der Waals surface area (Å²) in [4.78, 5) is 18.1. The van der Waals surface area contributed by atoms with Crippen molar-refractivity contribution in [1.82, 2.24) is 9.88 Å². The molecule has 1 aliphatic rings. The summed E-state index contributed by atoms with van der Waals surface area (Å²) >= 11 is 0. The molecule has 3 nitrogen and oxygen atoms in total. The number of nitrogens with zero attached hydrogens (tertiary/aromatic N) is 1. The Labute approximate surface area is 148 Å². The zero-order chi connectivity index (χ0) is 17.1. The third-order valence-corrected chi connectivity index (χ3v) is 4.98. The Hall–Kier alpha value is -2.65. The number of carbonyl (C=O) groups is 1. The van der Waals surface area contributed by atoms with E-state index in [9.17, 15) is 4.79 Å². The van der Waals surface area contributed by atoms with Crippen molar-refractivity contribution < 1.29 is 4.79 Å². The molecule has 2 heterocycles. The number of rotatable bonds is 5. The van der Waals surface area contributed by atoms with Crippen molar-refractivity contribution in [2.45, 2.75) is 12.8 Å². The van der Waals surface area contributed by atoms with E-state index in [2.05, 4.69) is 46.3 Å². The van der Waals surface area contributed by atoms with Crippen LogP contribution >= 0.6 is 0 Å². The SMILES string of the molecule is O=C(CCN1CC=C(c2ccccc2)CC1)c1c[nH]c2ccccc12. The van der Waals surface area contributed by atoms with Gasteiger partial charge in [0, 0.05) is 48.7 Å². The van der Waals surface area contributed by atoms with E-state index in [0.717, 1.165) is 42.5 Å². The van der Waals surface area contributed by atoms with Crippen LogP contribution in [0.2, 0.25) is 0 Å². The van der Waals surface area contributed by atoms with Gasteiger partial charge in [-0.15, -0.1) is 0 Å². The van der Waals surface area contributed by atoms with E-state index >= 15 is 0 Å². The van der Waals surface area contributed by atoms with Gasteiger partial charge in [0.2, 0.25) is 0 Å². The molecule has 3 aromatic rings. The molecular weight excluding hydrogens is 308 g/mol. The molecule has 0 atom stereocenters. The van der Waals surface area contributed by atoms with E-state index in [1.54, 1.807) is 0 Å². The fourth-order valence-corrected chi connectivity index (χ4v) is 3.53. The summed E-state index contributed by atoms with van der Waals surface area (Å²) in [5.41, 5.74) is 4.57. The van der Waals surface area contributed by atoms with Gasteiger partial charge in [-0.25, -0.2) is 0 Å². The van der Waals surface area contributed by atoms with Crippen LogP contribution in [0, 0.1) is 0 Å². The van der Waals surface area contributed by atoms with E-state index < -0.39 is 0 Å². The van der Waals surface area contributed by atoms with Gasteiger partial charge in [0.25, 0.3) is 0 Å². The normalized spacial score (nSPS) is 15.3. The van der Waals surface area contributed by atoms with Gasteiger partial charge < -0.3 is 4.98 Å². The van der Waals surface area contributed by atoms with Crippen molar-refractivity contribution in [1.29, 1.82) is 0 Å². The van der Waals surface area contributed by atoms with Crippen LogP contribution in [0.25, 0.3) is 16.5 Å². The smallest absolute Gasteiger partial charge is 0.166 e. The predicted molar refractivity (Wildman–Crippen MR) is 103 cm³/mol. The largest absolute Gasteiger partial charge is 0.360 e. The summed E-state index contributed by atoms with van der Waals surface area (Å²) in [5, 5.41) is 1.03. The molecule has 0 unspecified atom stereocenters. The summed E-state index contributed by atoms with van der Waals surface area (Å²) in [6, 6.07) is 18.5. The van der Waals surface area contributed by atoms with E-state index in [-0.39, 0.29) is 5.78 Å². The topological polar surface area (TPSA) is 36.1 Å². The first-order valence-electron chi connectivity index (χ1n) is 8.87. The monoisotopic (exact) mass is 330 g/mol. The molecule has 0 aliphatic carbocycles. The third kappa shape index (κ3) is 3.42. The second-order valence-electron chi connectivity index (χ2n) is 6.57. The van der Waals surface area contributed by atoms with E-state index in [1.165, 1.54) is 11.1 Å². The number of ketones is 1. The van der Waals surface area contributed by atoms with Crippen LogP contribution in [0.4, 0.5) is 0 Å². The standard InChI is InChI=1S/C22H22N2O/c25-22(20-16-23-21-9-5-4-8-19(20)21)12-15-24-13-10-18(11-14-24)17-6-2-1-3-7-17/h1-10,16,23H,11-15H2. The average Bonchev–Trinajstić information content (AvgIpc) is 3.11. The van der Waals surface area contributed by atoms with Crippen molar-refractivity contribution >= 4 is 22.3 Å². The maximum absolute atomic E-state index is 12.6. The quantitative estimate of drug-likeness (QED) is 0.698. The van der Waals surface area contributed by atoms with E-state index in [1.807, 2.05) is 30.5 Å². The molecule has 25 heavy (non-hydrogen) atoms. The number of H-pyrrole nitrogens is 1. The van der Waals surface area contributed by atoms with Gasteiger partial charge >= 0.3 is 0 Å². The molecule has 126 valence electrons. The van der Waals surface area contributed by atoms with Crippen LogP contribution in [0.5, 0.6) is 0 Å². The summed E-state index contributed by atoms with van der Waals surface area (Å²) in [5.74, 6) is 0.218. The number of fused-ring (bicyclic) bond motifs is 1. The highest BCUT2D eigenvalue weighted by atomic mass is 16.1. The van der Waals surface area contributed by atoms with Crippen LogP contribution in [-0.4, -0.2) is 35.3 Å². The summed E-state index contributed by atoms with van der Waals surface area (Å²) < 4.78 is 0. The Morgan fingerprint density at radius 3 is 2.64 bits per heavy atom. The minimum absolute atomic E-state index is 0.218. The van der Waals surface area contributed by atoms with Gasteiger partial charge in [-0.05, 0) is 23.6 Å². The van der Waals surface area contributed by atoms with Crippen molar-refractivity contribution in [2.24, 2.45) is 0 Å². The van der Waals surface area contributed by atoms with Crippen LogP contribution in [0.15, 0.2) is 66.9 Å². The molecule has 0 spiro atoms. The van der Waals surface area contributed by atoms with Crippen LogP contribution in [0.1, 0.15) is 28.8 Å². The van der Waals surface area contributed by atoms with E-state index in [0.29, 0.717) is 6.42 Å². The number of benzene rings is 2. The maximum atomic E-state index is 12.6. The second kappa shape index (κ2) is 7.08. The lowest BCUT2D eigenvalue weighted by Crippen LogP contribution is -2.30. The number of hydrogen-bond acceptors (Lipinski definition) is 2. The first kappa shape index (κ1) is 15.9. The lowest BCUT2D eigenvalue weighted by molar-refractivity contribution is 0.0968. The molecule has 0 saturated carbocycles. The lowest BCUT2D eigenvalue weighted by Gasteiger charge is -2.26. The number of aromatic nitrogens is 1. The molecule has 0 saturated heterocycles. The highest BCUT2D eigenvalue weighted by Crippen LogP contribution is 2.23. The Morgan fingerprint density at radius 2 is 1.84 bits per heavy atom. The highest BCUT2D eigenvalue weighted by Gasteiger charge is 2.16. The number of hydrogen-bond donors (Lipinski definition) is 1. The number of nitrogens with one attached hydrogen (secondary N) is 1. The number of Topliss-reactive ketones (excluding diaryl/α,β-unsaturated/α-hetero) is 1. The molecule has 3 heteroatoms. The van der Waals surface area contributed by atoms with Crippen molar-refractivity contribution in [3.05, 3.63) is 78.0 Å².